The molecule has 148 valence electrons. The predicted molar refractivity (Wildman–Crippen MR) is 112 cm³/mol. The molecule has 0 aliphatic heterocycles. The second-order valence-corrected chi connectivity index (χ2v) is 6.81. The van der Waals surface area contributed by atoms with Gasteiger partial charge in [-0.2, -0.15) is 10.1 Å². The number of imidazole rings is 1. The van der Waals surface area contributed by atoms with Crippen LogP contribution in [0.3, 0.4) is 0 Å². The van der Waals surface area contributed by atoms with Crippen molar-refractivity contribution in [3.63, 3.8) is 0 Å². The Labute approximate surface area is 162 Å². The van der Waals surface area contributed by atoms with E-state index in [4.69, 9.17) is 0 Å². The van der Waals surface area contributed by atoms with Crippen molar-refractivity contribution in [3.8, 4) is 0 Å². The van der Waals surface area contributed by atoms with Crippen LogP contribution in [0.15, 0.2) is 45.0 Å². The standard InChI is InChI=1S/C20H26N6O2/c1-4-5-6-10-13-26-16-17(25(3)20(28)22-18(16)27)21-19(26)24-23-14(2)15-11-8-7-9-12-15/h7-9,11-12H,4-6,10,13H2,1-3H3,(H,21,24)(H,22,27,28)/b23-14-. The molecule has 0 aliphatic rings. The van der Waals surface area contributed by atoms with Crippen molar-refractivity contribution in [2.45, 2.75) is 46.1 Å². The topological polar surface area (TPSA) is 97.1 Å². The highest BCUT2D eigenvalue weighted by Gasteiger charge is 2.17. The van der Waals surface area contributed by atoms with Gasteiger partial charge < -0.3 is 4.57 Å². The van der Waals surface area contributed by atoms with Crippen molar-refractivity contribution in [3.05, 3.63) is 56.7 Å². The fraction of sp³-hybridized carbons (Fsp3) is 0.400. The van der Waals surface area contributed by atoms with E-state index in [1.807, 2.05) is 41.8 Å². The number of hydrazone groups is 1. The normalized spacial score (nSPS) is 11.9. The van der Waals surface area contributed by atoms with Crippen LogP contribution in [0.25, 0.3) is 11.2 Å². The monoisotopic (exact) mass is 382 g/mol. The van der Waals surface area contributed by atoms with Gasteiger partial charge >= 0.3 is 5.69 Å². The van der Waals surface area contributed by atoms with Crippen LogP contribution in [0.1, 0.15) is 45.1 Å². The van der Waals surface area contributed by atoms with Crippen molar-refractivity contribution in [2.75, 3.05) is 5.43 Å². The highest BCUT2D eigenvalue weighted by molar-refractivity contribution is 5.99. The molecule has 3 aromatic rings. The van der Waals surface area contributed by atoms with Crippen molar-refractivity contribution in [2.24, 2.45) is 12.1 Å². The summed E-state index contributed by atoms with van der Waals surface area (Å²) in [6, 6.07) is 9.80. The van der Waals surface area contributed by atoms with E-state index in [0.29, 0.717) is 23.7 Å². The van der Waals surface area contributed by atoms with Crippen LogP contribution in [-0.2, 0) is 13.6 Å². The largest absolute Gasteiger partial charge is 0.329 e. The summed E-state index contributed by atoms with van der Waals surface area (Å²) in [4.78, 5) is 31.2. The number of rotatable bonds is 8. The van der Waals surface area contributed by atoms with Gasteiger partial charge in [0.2, 0.25) is 5.95 Å². The second-order valence-electron chi connectivity index (χ2n) is 6.81. The maximum atomic E-state index is 12.4. The third-order valence-electron chi connectivity index (χ3n) is 4.76. The average molecular weight is 382 g/mol. The Hall–Kier alpha value is -3.16. The van der Waals surface area contributed by atoms with Gasteiger partial charge in [0, 0.05) is 13.6 Å². The van der Waals surface area contributed by atoms with Gasteiger partial charge in [0.25, 0.3) is 5.56 Å². The summed E-state index contributed by atoms with van der Waals surface area (Å²) < 4.78 is 3.16. The van der Waals surface area contributed by atoms with E-state index in [1.54, 1.807) is 7.05 Å². The molecular formula is C20H26N6O2. The molecule has 2 N–H and O–H groups in total. The Morgan fingerprint density at radius 1 is 1.18 bits per heavy atom. The lowest BCUT2D eigenvalue weighted by Crippen LogP contribution is -2.29. The average Bonchev–Trinajstić information content (AvgIpc) is 3.07. The fourth-order valence-electron chi connectivity index (χ4n) is 3.11. The van der Waals surface area contributed by atoms with E-state index < -0.39 is 11.2 Å². The van der Waals surface area contributed by atoms with Crippen LogP contribution in [0.2, 0.25) is 0 Å². The molecule has 0 atom stereocenters. The molecule has 2 aromatic heterocycles. The fourth-order valence-corrected chi connectivity index (χ4v) is 3.11. The van der Waals surface area contributed by atoms with Gasteiger partial charge in [0.15, 0.2) is 11.2 Å². The van der Waals surface area contributed by atoms with Crippen LogP contribution in [-0.4, -0.2) is 24.8 Å². The lowest BCUT2D eigenvalue weighted by Gasteiger charge is -2.08. The molecule has 3 rings (SSSR count). The summed E-state index contributed by atoms with van der Waals surface area (Å²) in [5.41, 5.74) is 4.59. The van der Waals surface area contributed by atoms with E-state index in [1.165, 1.54) is 4.57 Å². The first-order valence-corrected chi connectivity index (χ1v) is 9.58. The molecule has 0 unspecified atom stereocenters. The molecule has 1 aromatic carbocycles. The van der Waals surface area contributed by atoms with Gasteiger partial charge in [0.1, 0.15) is 0 Å². The number of nitrogens with zero attached hydrogens (tertiary/aromatic N) is 4. The molecule has 0 bridgehead atoms. The van der Waals surface area contributed by atoms with Gasteiger partial charge in [0.05, 0.1) is 5.71 Å². The van der Waals surface area contributed by atoms with E-state index >= 15 is 0 Å². The van der Waals surface area contributed by atoms with Crippen LogP contribution < -0.4 is 16.7 Å². The van der Waals surface area contributed by atoms with Crippen molar-refractivity contribution in [1.29, 1.82) is 0 Å². The van der Waals surface area contributed by atoms with Gasteiger partial charge in [-0.1, -0.05) is 56.5 Å². The minimum Gasteiger partial charge on any atom is -0.303 e. The first-order chi connectivity index (χ1) is 13.5. The number of benzene rings is 1. The Bertz CT molecular complexity index is 1090. The maximum Gasteiger partial charge on any atom is 0.329 e. The van der Waals surface area contributed by atoms with E-state index in [9.17, 15) is 9.59 Å². The van der Waals surface area contributed by atoms with Crippen molar-refractivity contribution < 1.29 is 0 Å². The van der Waals surface area contributed by atoms with Crippen LogP contribution in [0.5, 0.6) is 0 Å². The Kier molecular flexibility index (Phi) is 6.08. The molecule has 0 saturated carbocycles. The van der Waals surface area contributed by atoms with Gasteiger partial charge in [-0.3, -0.25) is 14.3 Å². The number of nitrogens with one attached hydrogen (secondary N) is 2. The van der Waals surface area contributed by atoms with Crippen molar-refractivity contribution >= 4 is 22.8 Å². The molecule has 8 nitrogen and oxygen atoms in total. The highest BCUT2D eigenvalue weighted by atomic mass is 16.2. The third-order valence-corrected chi connectivity index (χ3v) is 4.76. The zero-order valence-electron chi connectivity index (χ0n) is 16.5. The van der Waals surface area contributed by atoms with Gasteiger partial charge in [-0.05, 0) is 18.9 Å². The number of hydrogen-bond acceptors (Lipinski definition) is 5. The Morgan fingerprint density at radius 3 is 2.64 bits per heavy atom. The zero-order valence-corrected chi connectivity index (χ0v) is 16.5. The number of aromatic nitrogens is 4. The van der Waals surface area contributed by atoms with E-state index in [0.717, 1.165) is 37.0 Å². The Morgan fingerprint density at radius 2 is 1.93 bits per heavy atom. The van der Waals surface area contributed by atoms with Crippen LogP contribution in [0, 0.1) is 0 Å². The molecule has 0 fully saturated rings. The Balaban J connectivity index is 2.00. The number of unbranched alkanes of at least 4 members (excludes halogenated alkanes) is 3. The number of H-pyrrole nitrogens is 1. The second kappa shape index (κ2) is 8.69. The van der Waals surface area contributed by atoms with Gasteiger partial charge in [-0.25, -0.2) is 10.2 Å². The predicted octanol–water partition coefficient (Wildman–Crippen LogP) is 2.84. The molecule has 0 amide bonds. The molecule has 0 radical (unpaired) electrons. The quantitative estimate of drug-likeness (QED) is 0.356. The summed E-state index contributed by atoms with van der Waals surface area (Å²) in [7, 11) is 1.59. The van der Waals surface area contributed by atoms with Crippen LogP contribution in [0.4, 0.5) is 5.95 Å². The first kappa shape index (κ1) is 19.6. The lowest BCUT2D eigenvalue weighted by molar-refractivity contribution is 0.593. The number of hydrogen-bond donors (Lipinski definition) is 2. The van der Waals surface area contributed by atoms with E-state index in [-0.39, 0.29) is 0 Å². The minimum absolute atomic E-state index is 0.347. The highest BCUT2D eigenvalue weighted by Crippen LogP contribution is 2.17. The molecular weight excluding hydrogens is 356 g/mol. The molecule has 0 aliphatic carbocycles. The summed E-state index contributed by atoms with van der Waals surface area (Å²) in [6.45, 7) is 4.68. The summed E-state index contributed by atoms with van der Waals surface area (Å²) in [5.74, 6) is 0.452. The number of aryl methyl sites for hydroxylation is 2. The molecule has 28 heavy (non-hydrogen) atoms. The number of aromatic amines is 1. The first-order valence-electron chi connectivity index (χ1n) is 9.58. The molecule has 2 heterocycles. The molecule has 0 spiro atoms. The SMILES string of the molecule is CCCCCCn1c(N/N=C(/C)c2ccccc2)nc2c1c(=O)[nH]c(=O)n2C. The summed E-state index contributed by atoms with van der Waals surface area (Å²) in [6.07, 6.45) is 4.24. The zero-order chi connectivity index (χ0) is 20.1. The minimum atomic E-state index is -0.483. The lowest BCUT2D eigenvalue weighted by atomic mass is 10.1. The van der Waals surface area contributed by atoms with Crippen LogP contribution >= 0.6 is 0 Å². The van der Waals surface area contributed by atoms with Crippen molar-refractivity contribution in [1.82, 2.24) is 19.1 Å². The summed E-state index contributed by atoms with van der Waals surface area (Å²) in [5, 5.41) is 4.43. The summed E-state index contributed by atoms with van der Waals surface area (Å²) >= 11 is 0. The number of fused-ring (bicyclic) bond motifs is 1. The smallest absolute Gasteiger partial charge is 0.303 e. The van der Waals surface area contributed by atoms with E-state index in [2.05, 4.69) is 27.4 Å². The number of anilines is 1. The van der Waals surface area contributed by atoms with Gasteiger partial charge in [-0.15, -0.1) is 0 Å². The maximum absolute atomic E-state index is 12.4. The molecule has 8 heteroatoms. The molecule has 0 saturated heterocycles. The third kappa shape index (κ3) is 4.05.